The van der Waals surface area contributed by atoms with Crippen molar-refractivity contribution in [1.29, 1.82) is 0 Å². The molecule has 0 bridgehead atoms. The summed E-state index contributed by atoms with van der Waals surface area (Å²) >= 11 is 3.27. The van der Waals surface area contributed by atoms with Crippen molar-refractivity contribution < 1.29 is 14.8 Å². The summed E-state index contributed by atoms with van der Waals surface area (Å²) in [5.74, 6) is 0.207. The van der Waals surface area contributed by atoms with Gasteiger partial charge in [-0.3, -0.25) is 10.1 Å². The van der Waals surface area contributed by atoms with Gasteiger partial charge in [0, 0.05) is 6.07 Å². The lowest BCUT2D eigenvalue weighted by Crippen LogP contribution is -2.30. The summed E-state index contributed by atoms with van der Waals surface area (Å²) in [6.45, 7) is 0. The molecule has 0 aliphatic heterocycles. The number of aliphatic hydroxyl groups is 1. The van der Waals surface area contributed by atoms with Crippen LogP contribution in [-0.4, -0.2) is 22.2 Å². The second-order valence-corrected chi connectivity index (χ2v) is 5.56. The molecule has 0 radical (unpaired) electrons. The minimum atomic E-state index is -0.561. The number of nitro groups is 1. The van der Waals surface area contributed by atoms with E-state index in [1.807, 2.05) is 0 Å². The standard InChI is InChI=1S/C13H16BrNO4/c14-9-5-4-6-10(15(17)18)13(9)19-12-8-3-1-2-7-11(12)16/h4-6,11-12,16H,1-3,7-8H2. The van der Waals surface area contributed by atoms with Crippen molar-refractivity contribution in [2.24, 2.45) is 0 Å². The first-order valence-electron chi connectivity index (χ1n) is 6.37. The van der Waals surface area contributed by atoms with Crippen molar-refractivity contribution in [1.82, 2.24) is 0 Å². The predicted molar refractivity (Wildman–Crippen MR) is 74.3 cm³/mol. The SMILES string of the molecule is O=[N+]([O-])c1cccc(Br)c1OC1CCCCCC1O. The third-order valence-electron chi connectivity index (χ3n) is 3.33. The Kier molecular flexibility index (Phi) is 4.76. The lowest BCUT2D eigenvalue weighted by Gasteiger charge is -2.22. The minimum Gasteiger partial charge on any atom is -0.480 e. The first-order chi connectivity index (χ1) is 9.09. The van der Waals surface area contributed by atoms with Crippen molar-refractivity contribution in [3.8, 4) is 5.75 Å². The normalized spacial score (nSPS) is 23.7. The molecule has 1 aliphatic rings. The van der Waals surface area contributed by atoms with E-state index in [-0.39, 0.29) is 17.5 Å². The summed E-state index contributed by atoms with van der Waals surface area (Å²) in [7, 11) is 0. The molecule has 2 unspecified atom stereocenters. The number of para-hydroxylation sites is 1. The topological polar surface area (TPSA) is 72.6 Å². The van der Waals surface area contributed by atoms with Crippen LogP contribution in [0.15, 0.2) is 22.7 Å². The van der Waals surface area contributed by atoms with E-state index < -0.39 is 11.0 Å². The Morgan fingerprint density at radius 2 is 2.05 bits per heavy atom. The third-order valence-corrected chi connectivity index (χ3v) is 3.95. The van der Waals surface area contributed by atoms with Gasteiger partial charge in [0.2, 0.25) is 5.75 Å². The lowest BCUT2D eigenvalue weighted by molar-refractivity contribution is -0.386. The number of rotatable bonds is 3. The van der Waals surface area contributed by atoms with Gasteiger partial charge in [0.15, 0.2) is 0 Å². The van der Waals surface area contributed by atoms with E-state index in [4.69, 9.17) is 4.74 Å². The van der Waals surface area contributed by atoms with Crippen LogP contribution < -0.4 is 4.74 Å². The Morgan fingerprint density at radius 1 is 1.32 bits per heavy atom. The maximum atomic E-state index is 11.0. The number of aliphatic hydroxyl groups excluding tert-OH is 1. The van der Waals surface area contributed by atoms with Crippen molar-refractivity contribution in [3.63, 3.8) is 0 Å². The second-order valence-electron chi connectivity index (χ2n) is 4.71. The fourth-order valence-electron chi connectivity index (χ4n) is 2.30. The molecule has 0 saturated heterocycles. The molecule has 0 spiro atoms. The number of nitro benzene ring substituents is 1. The van der Waals surface area contributed by atoms with Gasteiger partial charge in [-0.15, -0.1) is 0 Å². The molecule has 5 nitrogen and oxygen atoms in total. The molecule has 104 valence electrons. The number of ether oxygens (including phenoxy) is 1. The van der Waals surface area contributed by atoms with Gasteiger partial charge in [0.1, 0.15) is 6.10 Å². The molecule has 1 aliphatic carbocycles. The largest absolute Gasteiger partial charge is 0.480 e. The molecule has 2 rings (SSSR count). The summed E-state index contributed by atoms with van der Waals surface area (Å²) in [5.41, 5.74) is -0.0779. The molecular formula is C13H16BrNO4. The first kappa shape index (κ1) is 14.3. The van der Waals surface area contributed by atoms with Crippen LogP contribution in [0.2, 0.25) is 0 Å². The van der Waals surface area contributed by atoms with Crippen LogP contribution in [-0.2, 0) is 0 Å². The number of hydrogen-bond acceptors (Lipinski definition) is 4. The average Bonchev–Trinajstić information content (AvgIpc) is 2.57. The van der Waals surface area contributed by atoms with Gasteiger partial charge in [0.05, 0.1) is 15.5 Å². The summed E-state index contributed by atoms with van der Waals surface area (Å²) in [4.78, 5) is 10.5. The quantitative estimate of drug-likeness (QED) is 0.523. The summed E-state index contributed by atoms with van der Waals surface area (Å²) in [5, 5.41) is 21.0. The van der Waals surface area contributed by atoms with Crippen LogP contribution in [0, 0.1) is 10.1 Å². The van der Waals surface area contributed by atoms with Crippen LogP contribution in [0.1, 0.15) is 32.1 Å². The number of benzene rings is 1. The van der Waals surface area contributed by atoms with E-state index in [1.54, 1.807) is 12.1 Å². The zero-order chi connectivity index (χ0) is 13.8. The monoisotopic (exact) mass is 329 g/mol. The van der Waals surface area contributed by atoms with Crippen LogP contribution in [0.4, 0.5) is 5.69 Å². The number of nitrogens with zero attached hydrogens (tertiary/aromatic N) is 1. The van der Waals surface area contributed by atoms with E-state index >= 15 is 0 Å². The fraction of sp³-hybridized carbons (Fsp3) is 0.538. The van der Waals surface area contributed by atoms with Gasteiger partial charge in [-0.1, -0.05) is 18.9 Å². The maximum Gasteiger partial charge on any atom is 0.312 e. The molecule has 1 aromatic carbocycles. The van der Waals surface area contributed by atoms with Crippen molar-refractivity contribution in [2.75, 3.05) is 0 Å². The molecular weight excluding hydrogens is 314 g/mol. The predicted octanol–water partition coefficient (Wildman–Crippen LogP) is 3.43. The van der Waals surface area contributed by atoms with E-state index in [9.17, 15) is 15.2 Å². The van der Waals surface area contributed by atoms with Gasteiger partial charge in [-0.2, -0.15) is 0 Å². The zero-order valence-corrected chi connectivity index (χ0v) is 12.0. The fourth-order valence-corrected chi connectivity index (χ4v) is 2.75. The van der Waals surface area contributed by atoms with Gasteiger partial charge >= 0.3 is 5.69 Å². The second kappa shape index (κ2) is 6.34. The van der Waals surface area contributed by atoms with E-state index in [0.717, 1.165) is 25.7 Å². The number of halogens is 1. The molecule has 0 heterocycles. The molecule has 6 heteroatoms. The summed E-state index contributed by atoms with van der Waals surface area (Å²) in [6.07, 6.45) is 3.48. The van der Waals surface area contributed by atoms with Crippen LogP contribution >= 0.6 is 15.9 Å². The van der Waals surface area contributed by atoms with E-state index in [0.29, 0.717) is 10.9 Å². The summed E-state index contributed by atoms with van der Waals surface area (Å²) in [6, 6.07) is 4.70. The molecule has 2 atom stereocenters. The maximum absolute atomic E-state index is 11.0. The van der Waals surface area contributed by atoms with E-state index in [1.165, 1.54) is 6.07 Å². The van der Waals surface area contributed by atoms with Gasteiger partial charge in [-0.25, -0.2) is 0 Å². The molecule has 0 aromatic heterocycles. The first-order valence-corrected chi connectivity index (χ1v) is 7.16. The molecule has 19 heavy (non-hydrogen) atoms. The Hall–Kier alpha value is -1.14. The van der Waals surface area contributed by atoms with Crippen molar-refractivity contribution in [3.05, 3.63) is 32.8 Å². The average molecular weight is 330 g/mol. The highest BCUT2D eigenvalue weighted by molar-refractivity contribution is 9.10. The summed E-state index contributed by atoms with van der Waals surface area (Å²) < 4.78 is 6.27. The van der Waals surface area contributed by atoms with Crippen molar-refractivity contribution >= 4 is 21.6 Å². The number of hydrogen-bond donors (Lipinski definition) is 1. The van der Waals surface area contributed by atoms with Crippen LogP contribution in [0.5, 0.6) is 5.75 Å². The van der Waals surface area contributed by atoms with Gasteiger partial charge < -0.3 is 9.84 Å². The zero-order valence-electron chi connectivity index (χ0n) is 10.4. The third kappa shape index (κ3) is 3.45. The van der Waals surface area contributed by atoms with Gasteiger partial charge in [-0.05, 0) is 41.3 Å². The Balaban J connectivity index is 2.24. The lowest BCUT2D eigenvalue weighted by atomic mass is 10.1. The van der Waals surface area contributed by atoms with Crippen molar-refractivity contribution in [2.45, 2.75) is 44.3 Å². The van der Waals surface area contributed by atoms with Crippen LogP contribution in [0.25, 0.3) is 0 Å². The Bertz CT molecular complexity index is 466. The van der Waals surface area contributed by atoms with Crippen LogP contribution in [0.3, 0.4) is 0 Å². The molecule has 1 saturated carbocycles. The molecule has 1 aromatic rings. The van der Waals surface area contributed by atoms with Gasteiger partial charge in [0.25, 0.3) is 0 Å². The Morgan fingerprint density at radius 3 is 2.79 bits per heavy atom. The minimum absolute atomic E-state index is 0.0779. The highest BCUT2D eigenvalue weighted by atomic mass is 79.9. The van der Waals surface area contributed by atoms with E-state index in [2.05, 4.69) is 15.9 Å². The molecule has 0 amide bonds. The molecule has 1 N–H and O–H groups in total. The highest BCUT2D eigenvalue weighted by Gasteiger charge is 2.27. The Labute approximate surface area is 119 Å². The highest BCUT2D eigenvalue weighted by Crippen LogP contribution is 2.37. The molecule has 1 fully saturated rings. The smallest absolute Gasteiger partial charge is 0.312 e.